The second kappa shape index (κ2) is 4.94. The van der Waals surface area contributed by atoms with Gasteiger partial charge in [-0.15, -0.1) is 5.92 Å². The lowest BCUT2D eigenvalue weighted by Crippen LogP contribution is -2.36. The molecule has 50 valence electrons. The minimum atomic E-state index is -1.10. The van der Waals surface area contributed by atoms with Gasteiger partial charge >= 0.3 is 6.09 Å². The van der Waals surface area contributed by atoms with Gasteiger partial charge in [0.1, 0.15) is 0 Å². The molecule has 0 rings (SSSR count). The fraction of sp³-hybridized carbons (Fsp3) is 0.400. The van der Waals surface area contributed by atoms with Crippen LogP contribution in [0.5, 0.6) is 0 Å². The zero-order valence-electron chi connectivity index (χ0n) is 5.06. The van der Waals surface area contributed by atoms with Crippen molar-refractivity contribution in [3.8, 4) is 11.8 Å². The molecule has 0 fully saturated rings. The Bertz CT molecular complexity index is 145. The molecular formula is C5H8N2O2. The average Bonchev–Trinajstić information content (AvgIpc) is 1.80. The summed E-state index contributed by atoms with van der Waals surface area (Å²) in [6, 6.07) is 0. The van der Waals surface area contributed by atoms with Crippen molar-refractivity contribution in [1.82, 2.24) is 10.9 Å². The van der Waals surface area contributed by atoms with Crippen molar-refractivity contribution < 1.29 is 9.90 Å². The number of hydrogen-bond acceptors (Lipinski definition) is 2. The van der Waals surface area contributed by atoms with Gasteiger partial charge < -0.3 is 5.11 Å². The molecule has 0 aromatic heterocycles. The number of rotatable bonds is 2. The molecule has 0 unspecified atom stereocenters. The highest BCUT2D eigenvalue weighted by Gasteiger charge is 1.86. The quantitative estimate of drug-likeness (QED) is 0.274. The Morgan fingerprint density at radius 1 is 1.78 bits per heavy atom. The molecule has 4 nitrogen and oxygen atoms in total. The molecule has 0 aliphatic rings. The summed E-state index contributed by atoms with van der Waals surface area (Å²) < 4.78 is 0. The van der Waals surface area contributed by atoms with Crippen LogP contribution in [-0.2, 0) is 0 Å². The van der Waals surface area contributed by atoms with E-state index in [2.05, 4.69) is 17.3 Å². The second-order valence-corrected chi connectivity index (χ2v) is 1.21. The van der Waals surface area contributed by atoms with Crippen molar-refractivity contribution in [1.29, 1.82) is 0 Å². The molecule has 0 saturated heterocycles. The van der Waals surface area contributed by atoms with Gasteiger partial charge in [-0.05, 0) is 6.92 Å². The maximum atomic E-state index is 9.74. The first-order valence-corrected chi connectivity index (χ1v) is 2.38. The summed E-state index contributed by atoms with van der Waals surface area (Å²) in [5.41, 5.74) is 4.31. The van der Waals surface area contributed by atoms with E-state index in [9.17, 15) is 4.79 Å². The zero-order valence-corrected chi connectivity index (χ0v) is 5.06. The predicted octanol–water partition coefficient (Wildman–Crippen LogP) is -0.218. The largest absolute Gasteiger partial charge is 0.464 e. The Morgan fingerprint density at radius 3 is 2.89 bits per heavy atom. The fourth-order valence-electron chi connectivity index (χ4n) is 0.252. The normalized spacial score (nSPS) is 7.22. The van der Waals surface area contributed by atoms with Crippen molar-refractivity contribution in [2.45, 2.75) is 6.92 Å². The highest BCUT2D eigenvalue weighted by Crippen LogP contribution is 1.54. The van der Waals surface area contributed by atoms with Crippen molar-refractivity contribution in [3.05, 3.63) is 0 Å². The van der Waals surface area contributed by atoms with Gasteiger partial charge in [0.2, 0.25) is 0 Å². The van der Waals surface area contributed by atoms with E-state index in [0.29, 0.717) is 6.54 Å². The molecule has 0 atom stereocenters. The van der Waals surface area contributed by atoms with Crippen LogP contribution in [0.15, 0.2) is 0 Å². The first-order valence-electron chi connectivity index (χ1n) is 2.38. The van der Waals surface area contributed by atoms with E-state index < -0.39 is 6.09 Å². The summed E-state index contributed by atoms with van der Waals surface area (Å²) >= 11 is 0. The molecular weight excluding hydrogens is 120 g/mol. The number of hydrazine groups is 1. The molecule has 0 aliphatic heterocycles. The molecule has 1 amide bonds. The predicted molar refractivity (Wildman–Crippen MR) is 32.6 cm³/mol. The van der Waals surface area contributed by atoms with Crippen molar-refractivity contribution >= 4 is 6.09 Å². The zero-order chi connectivity index (χ0) is 7.11. The van der Waals surface area contributed by atoms with Crippen LogP contribution < -0.4 is 10.9 Å². The van der Waals surface area contributed by atoms with E-state index in [1.54, 1.807) is 6.92 Å². The van der Waals surface area contributed by atoms with Crippen LogP contribution in [0.1, 0.15) is 6.92 Å². The van der Waals surface area contributed by atoms with Crippen LogP contribution >= 0.6 is 0 Å². The van der Waals surface area contributed by atoms with Crippen LogP contribution in [0.2, 0.25) is 0 Å². The topological polar surface area (TPSA) is 61.4 Å². The molecule has 0 aromatic carbocycles. The van der Waals surface area contributed by atoms with Crippen molar-refractivity contribution in [3.63, 3.8) is 0 Å². The smallest absolute Gasteiger partial charge is 0.419 e. The minimum absolute atomic E-state index is 0.336. The summed E-state index contributed by atoms with van der Waals surface area (Å²) in [4.78, 5) is 9.74. The third-order valence-corrected chi connectivity index (χ3v) is 0.549. The Kier molecular flexibility index (Phi) is 4.27. The van der Waals surface area contributed by atoms with E-state index >= 15 is 0 Å². The third kappa shape index (κ3) is 6.79. The van der Waals surface area contributed by atoms with Gasteiger partial charge in [-0.25, -0.2) is 10.2 Å². The van der Waals surface area contributed by atoms with Crippen LogP contribution in [0.4, 0.5) is 4.79 Å². The van der Waals surface area contributed by atoms with Gasteiger partial charge in [0.05, 0.1) is 6.54 Å². The van der Waals surface area contributed by atoms with E-state index in [1.807, 2.05) is 5.43 Å². The third-order valence-electron chi connectivity index (χ3n) is 0.549. The average molecular weight is 128 g/mol. The number of hydrogen-bond donors (Lipinski definition) is 3. The maximum Gasteiger partial charge on any atom is 0.419 e. The lowest BCUT2D eigenvalue weighted by Gasteiger charge is -1.95. The summed E-state index contributed by atoms with van der Waals surface area (Å²) in [6.45, 7) is 2.02. The monoisotopic (exact) mass is 128 g/mol. The van der Waals surface area contributed by atoms with Crippen molar-refractivity contribution in [2.75, 3.05) is 6.54 Å². The molecule has 4 heteroatoms. The van der Waals surface area contributed by atoms with Crippen LogP contribution in [0.25, 0.3) is 0 Å². The number of carboxylic acid groups (broad SMARTS) is 1. The van der Waals surface area contributed by atoms with Crippen molar-refractivity contribution in [2.24, 2.45) is 0 Å². The standard InChI is InChI=1S/C5H8N2O2/c1-2-3-4-6-7-5(8)9/h6-7H,4H2,1H3,(H,8,9). The van der Waals surface area contributed by atoms with E-state index in [4.69, 9.17) is 5.11 Å². The SMILES string of the molecule is CC#CCNNC(=O)O. The molecule has 9 heavy (non-hydrogen) atoms. The molecule has 0 aliphatic carbocycles. The lowest BCUT2D eigenvalue weighted by molar-refractivity contribution is 0.190. The summed E-state index contributed by atoms with van der Waals surface area (Å²) in [5.74, 6) is 5.21. The molecule has 0 saturated carbocycles. The van der Waals surface area contributed by atoms with Gasteiger partial charge in [0, 0.05) is 0 Å². The molecule has 0 aromatic rings. The summed E-state index contributed by atoms with van der Waals surface area (Å²) in [5, 5.41) is 7.99. The van der Waals surface area contributed by atoms with Gasteiger partial charge in [-0.2, -0.15) is 0 Å². The first kappa shape index (κ1) is 7.79. The minimum Gasteiger partial charge on any atom is -0.464 e. The molecule has 3 N–H and O–H groups in total. The lowest BCUT2D eigenvalue weighted by atomic mass is 10.6. The van der Waals surface area contributed by atoms with E-state index in [0.717, 1.165) is 0 Å². The van der Waals surface area contributed by atoms with Gasteiger partial charge in [-0.1, -0.05) is 5.92 Å². The van der Waals surface area contributed by atoms with E-state index in [-0.39, 0.29) is 0 Å². The summed E-state index contributed by atoms with van der Waals surface area (Å²) in [6.07, 6.45) is -1.10. The number of nitrogens with one attached hydrogen (secondary N) is 2. The van der Waals surface area contributed by atoms with Crippen LogP contribution in [0.3, 0.4) is 0 Å². The number of carbonyl (C=O) groups is 1. The molecule has 0 radical (unpaired) electrons. The molecule has 0 heterocycles. The Labute approximate surface area is 53.2 Å². The Morgan fingerprint density at radius 2 is 2.44 bits per heavy atom. The first-order chi connectivity index (χ1) is 4.27. The van der Waals surface area contributed by atoms with Gasteiger partial charge in [0.25, 0.3) is 0 Å². The fourth-order valence-corrected chi connectivity index (χ4v) is 0.252. The van der Waals surface area contributed by atoms with Crippen LogP contribution in [-0.4, -0.2) is 17.7 Å². The molecule has 0 bridgehead atoms. The van der Waals surface area contributed by atoms with Gasteiger partial charge in [0.15, 0.2) is 0 Å². The maximum absolute atomic E-state index is 9.74. The van der Waals surface area contributed by atoms with Gasteiger partial charge in [-0.3, -0.25) is 5.43 Å². The number of amides is 1. The summed E-state index contributed by atoms with van der Waals surface area (Å²) in [7, 11) is 0. The Balaban J connectivity index is 3.07. The molecule has 0 spiro atoms. The van der Waals surface area contributed by atoms with Crippen LogP contribution in [0, 0.1) is 11.8 Å². The second-order valence-electron chi connectivity index (χ2n) is 1.21. The highest BCUT2D eigenvalue weighted by molar-refractivity contribution is 5.63. The highest BCUT2D eigenvalue weighted by atomic mass is 16.4. The van der Waals surface area contributed by atoms with E-state index in [1.165, 1.54) is 0 Å². The Hall–Kier alpha value is -1.21.